The molecule has 2 nitrogen and oxygen atoms in total. The SMILES string of the molecule is CNC(c1ccccc1)C(C)N1CCCC(C)CC1. The minimum absolute atomic E-state index is 0.426. The number of nitrogens with zero attached hydrogens (tertiary/aromatic N) is 1. The Balaban J connectivity index is 2.05. The van der Waals surface area contributed by atoms with Gasteiger partial charge in [-0.15, -0.1) is 0 Å². The third-order valence-electron chi connectivity index (χ3n) is 4.58. The highest BCUT2D eigenvalue weighted by molar-refractivity contribution is 5.20. The molecule has 0 radical (unpaired) electrons. The van der Waals surface area contributed by atoms with Gasteiger partial charge in [-0.05, 0) is 57.8 Å². The smallest absolute Gasteiger partial charge is 0.0473 e. The lowest BCUT2D eigenvalue weighted by Gasteiger charge is -2.34. The minimum atomic E-state index is 0.426. The molecule has 0 amide bonds. The Morgan fingerprint density at radius 1 is 1.16 bits per heavy atom. The minimum Gasteiger partial charge on any atom is -0.312 e. The number of hydrogen-bond acceptors (Lipinski definition) is 2. The molecule has 1 N–H and O–H groups in total. The molecule has 0 spiro atoms. The van der Waals surface area contributed by atoms with E-state index >= 15 is 0 Å². The van der Waals surface area contributed by atoms with E-state index in [0.717, 1.165) is 5.92 Å². The molecule has 19 heavy (non-hydrogen) atoms. The first-order valence-corrected chi connectivity index (χ1v) is 7.68. The Bertz CT molecular complexity index is 363. The molecule has 1 aromatic carbocycles. The number of hydrogen-bond donors (Lipinski definition) is 1. The van der Waals surface area contributed by atoms with Crippen molar-refractivity contribution in [3.05, 3.63) is 35.9 Å². The van der Waals surface area contributed by atoms with Crippen LogP contribution in [-0.2, 0) is 0 Å². The zero-order valence-corrected chi connectivity index (χ0v) is 12.6. The standard InChI is InChI=1S/C17H28N2/c1-14-8-7-12-19(13-11-14)15(2)17(18-3)16-9-5-4-6-10-16/h4-6,9-10,14-15,17-18H,7-8,11-13H2,1-3H3. The maximum atomic E-state index is 3.51. The van der Waals surface area contributed by atoms with Crippen LogP contribution in [-0.4, -0.2) is 31.1 Å². The summed E-state index contributed by atoms with van der Waals surface area (Å²) >= 11 is 0. The van der Waals surface area contributed by atoms with Gasteiger partial charge in [0.25, 0.3) is 0 Å². The van der Waals surface area contributed by atoms with E-state index in [1.165, 1.54) is 37.9 Å². The number of rotatable bonds is 4. The predicted molar refractivity (Wildman–Crippen MR) is 82.3 cm³/mol. The Morgan fingerprint density at radius 2 is 1.89 bits per heavy atom. The zero-order valence-electron chi connectivity index (χ0n) is 12.6. The van der Waals surface area contributed by atoms with Crippen LogP contribution in [0.2, 0.25) is 0 Å². The largest absolute Gasteiger partial charge is 0.312 e. The average Bonchev–Trinajstić information content (AvgIpc) is 2.65. The average molecular weight is 260 g/mol. The first-order valence-electron chi connectivity index (χ1n) is 7.68. The van der Waals surface area contributed by atoms with Gasteiger partial charge in [0.05, 0.1) is 0 Å². The van der Waals surface area contributed by atoms with Gasteiger partial charge < -0.3 is 5.32 Å². The van der Waals surface area contributed by atoms with Gasteiger partial charge in [0.2, 0.25) is 0 Å². The summed E-state index contributed by atoms with van der Waals surface area (Å²) < 4.78 is 0. The summed E-state index contributed by atoms with van der Waals surface area (Å²) in [5.41, 5.74) is 1.40. The Hall–Kier alpha value is -0.860. The van der Waals surface area contributed by atoms with E-state index in [-0.39, 0.29) is 0 Å². The van der Waals surface area contributed by atoms with Crippen molar-refractivity contribution >= 4 is 0 Å². The molecular weight excluding hydrogens is 232 g/mol. The maximum absolute atomic E-state index is 3.51. The van der Waals surface area contributed by atoms with Gasteiger partial charge in [0.1, 0.15) is 0 Å². The van der Waals surface area contributed by atoms with E-state index in [0.29, 0.717) is 12.1 Å². The molecule has 0 aromatic heterocycles. The molecule has 1 aromatic rings. The molecular formula is C17H28N2. The van der Waals surface area contributed by atoms with Crippen molar-refractivity contribution in [3.63, 3.8) is 0 Å². The van der Waals surface area contributed by atoms with Crippen LogP contribution in [0.3, 0.4) is 0 Å². The lowest BCUT2D eigenvalue weighted by molar-refractivity contribution is 0.177. The molecule has 1 saturated heterocycles. The fraction of sp³-hybridized carbons (Fsp3) is 0.647. The van der Waals surface area contributed by atoms with Crippen LogP contribution in [0.25, 0.3) is 0 Å². The van der Waals surface area contributed by atoms with Crippen molar-refractivity contribution in [2.45, 2.75) is 45.2 Å². The molecule has 0 saturated carbocycles. The van der Waals surface area contributed by atoms with Gasteiger partial charge >= 0.3 is 0 Å². The maximum Gasteiger partial charge on any atom is 0.0473 e. The second kappa shape index (κ2) is 7.06. The van der Waals surface area contributed by atoms with E-state index < -0.39 is 0 Å². The third kappa shape index (κ3) is 3.80. The summed E-state index contributed by atoms with van der Waals surface area (Å²) in [6.07, 6.45) is 4.07. The van der Waals surface area contributed by atoms with Gasteiger partial charge in [0.15, 0.2) is 0 Å². The summed E-state index contributed by atoms with van der Waals surface area (Å²) in [5, 5.41) is 3.51. The number of likely N-dealkylation sites (N-methyl/N-ethyl adjacent to an activating group) is 1. The van der Waals surface area contributed by atoms with E-state index in [9.17, 15) is 0 Å². The third-order valence-corrected chi connectivity index (χ3v) is 4.58. The highest BCUT2D eigenvalue weighted by Gasteiger charge is 2.25. The van der Waals surface area contributed by atoms with Crippen LogP contribution in [0.1, 0.15) is 44.7 Å². The first kappa shape index (κ1) is 14.5. The monoisotopic (exact) mass is 260 g/mol. The van der Waals surface area contributed by atoms with E-state index in [4.69, 9.17) is 0 Å². The summed E-state index contributed by atoms with van der Waals surface area (Å²) in [5.74, 6) is 0.891. The van der Waals surface area contributed by atoms with Crippen LogP contribution in [0.4, 0.5) is 0 Å². The summed E-state index contributed by atoms with van der Waals surface area (Å²) in [6, 6.07) is 11.8. The second-order valence-corrected chi connectivity index (χ2v) is 5.99. The molecule has 2 rings (SSSR count). The quantitative estimate of drug-likeness (QED) is 0.892. The van der Waals surface area contributed by atoms with Crippen LogP contribution >= 0.6 is 0 Å². The highest BCUT2D eigenvalue weighted by atomic mass is 15.2. The molecule has 1 heterocycles. The van der Waals surface area contributed by atoms with E-state index in [2.05, 4.69) is 61.4 Å². The summed E-state index contributed by atoms with van der Waals surface area (Å²) in [4.78, 5) is 2.66. The predicted octanol–water partition coefficient (Wildman–Crippen LogP) is 3.46. The fourth-order valence-corrected chi connectivity index (χ4v) is 3.25. The van der Waals surface area contributed by atoms with Crippen molar-refractivity contribution in [2.75, 3.05) is 20.1 Å². The van der Waals surface area contributed by atoms with Crippen molar-refractivity contribution in [1.82, 2.24) is 10.2 Å². The molecule has 106 valence electrons. The number of nitrogens with one attached hydrogen (secondary N) is 1. The summed E-state index contributed by atoms with van der Waals surface area (Å²) in [6.45, 7) is 7.24. The van der Waals surface area contributed by atoms with Crippen LogP contribution in [0, 0.1) is 5.92 Å². The highest BCUT2D eigenvalue weighted by Crippen LogP contribution is 2.24. The van der Waals surface area contributed by atoms with Crippen molar-refractivity contribution in [3.8, 4) is 0 Å². The molecule has 2 heteroatoms. The molecule has 1 aliphatic heterocycles. The summed E-state index contributed by atoms with van der Waals surface area (Å²) in [7, 11) is 2.08. The molecule has 3 unspecified atom stereocenters. The van der Waals surface area contributed by atoms with Crippen molar-refractivity contribution < 1.29 is 0 Å². The second-order valence-electron chi connectivity index (χ2n) is 5.99. The van der Waals surface area contributed by atoms with E-state index in [1.54, 1.807) is 0 Å². The topological polar surface area (TPSA) is 15.3 Å². The van der Waals surface area contributed by atoms with Gasteiger partial charge in [-0.3, -0.25) is 4.90 Å². The number of benzene rings is 1. The van der Waals surface area contributed by atoms with Gasteiger partial charge in [0, 0.05) is 12.1 Å². The van der Waals surface area contributed by atoms with Gasteiger partial charge in [-0.25, -0.2) is 0 Å². The zero-order chi connectivity index (χ0) is 13.7. The van der Waals surface area contributed by atoms with Gasteiger partial charge in [-0.2, -0.15) is 0 Å². The Morgan fingerprint density at radius 3 is 2.58 bits per heavy atom. The Kier molecular flexibility index (Phi) is 5.41. The van der Waals surface area contributed by atoms with E-state index in [1.807, 2.05) is 0 Å². The van der Waals surface area contributed by atoms with Crippen LogP contribution < -0.4 is 5.32 Å². The molecule has 1 aliphatic rings. The van der Waals surface area contributed by atoms with Crippen LogP contribution in [0.5, 0.6) is 0 Å². The molecule has 0 bridgehead atoms. The van der Waals surface area contributed by atoms with Crippen molar-refractivity contribution in [1.29, 1.82) is 0 Å². The van der Waals surface area contributed by atoms with Gasteiger partial charge in [-0.1, -0.05) is 37.3 Å². The molecule has 0 aliphatic carbocycles. The normalized spacial score (nSPS) is 24.7. The lowest BCUT2D eigenvalue weighted by atomic mass is 9.99. The molecule has 1 fully saturated rings. The lowest BCUT2D eigenvalue weighted by Crippen LogP contribution is -2.42. The van der Waals surface area contributed by atoms with Crippen LogP contribution in [0.15, 0.2) is 30.3 Å². The fourth-order valence-electron chi connectivity index (χ4n) is 3.25. The number of likely N-dealkylation sites (tertiary alicyclic amines) is 1. The van der Waals surface area contributed by atoms with Crippen molar-refractivity contribution in [2.24, 2.45) is 5.92 Å². The molecule has 3 atom stereocenters. The Labute approximate surface area is 118 Å². The first-order chi connectivity index (χ1) is 9.22.